The van der Waals surface area contributed by atoms with Crippen molar-refractivity contribution in [2.75, 3.05) is 26.2 Å². The van der Waals surface area contributed by atoms with Crippen molar-refractivity contribution < 1.29 is 13.2 Å². The number of hydrogen-bond donors (Lipinski definition) is 2. The Balaban J connectivity index is 1.58. The van der Waals surface area contributed by atoms with Crippen LogP contribution in [-0.4, -0.2) is 61.8 Å². The van der Waals surface area contributed by atoms with Crippen LogP contribution < -0.4 is 10.9 Å². The van der Waals surface area contributed by atoms with E-state index in [9.17, 15) is 13.2 Å². The van der Waals surface area contributed by atoms with Gasteiger partial charge in [0.1, 0.15) is 10.9 Å². The molecule has 2 saturated heterocycles. The topological polar surface area (TPSA) is 81.8 Å². The lowest BCUT2D eigenvalue weighted by molar-refractivity contribution is -0.134. The van der Waals surface area contributed by atoms with Crippen molar-refractivity contribution in [1.82, 2.24) is 20.1 Å². The molecule has 27 heavy (non-hydrogen) atoms. The lowest BCUT2D eigenvalue weighted by Gasteiger charge is -2.35. The van der Waals surface area contributed by atoms with Crippen molar-refractivity contribution >= 4 is 27.5 Å². The summed E-state index contributed by atoms with van der Waals surface area (Å²) in [6, 6.07) is 6.48. The lowest BCUT2D eigenvalue weighted by Crippen LogP contribution is -2.54. The summed E-state index contributed by atoms with van der Waals surface area (Å²) >= 11 is 6.06. The fourth-order valence-corrected chi connectivity index (χ4v) is 5.59. The van der Waals surface area contributed by atoms with E-state index in [4.69, 9.17) is 11.6 Å². The molecule has 2 unspecified atom stereocenters. The van der Waals surface area contributed by atoms with E-state index in [0.29, 0.717) is 25.0 Å². The van der Waals surface area contributed by atoms with E-state index in [1.54, 1.807) is 23.1 Å². The molecule has 2 N–H and O–H groups in total. The quantitative estimate of drug-likeness (QED) is 0.762. The van der Waals surface area contributed by atoms with Crippen LogP contribution in [0.25, 0.3) is 0 Å². The average molecular weight is 415 g/mol. The Hall–Kier alpha value is -1.19. The third-order valence-corrected chi connectivity index (χ3v) is 7.44. The first-order valence-corrected chi connectivity index (χ1v) is 11.2. The number of sulfonamides is 1. The maximum Gasteiger partial charge on any atom is 0.244 e. The molecule has 2 fully saturated rings. The van der Waals surface area contributed by atoms with Gasteiger partial charge in [-0.1, -0.05) is 37.6 Å². The highest BCUT2D eigenvalue weighted by Crippen LogP contribution is 2.25. The van der Waals surface area contributed by atoms with E-state index in [1.807, 2.05) is 0 Å². The van der Waals surface area contributed by atoms with E-state index >= 15 is 0 Å². The van der Waals surface area contributed by atoms with Crippen molar-refractivity contribution in [2.45, 2.75) is 43.7 Å². The number of nitrogens with zero attached hydrogens (tertiary/aromatic N) is 2. The maximum absolute atomic E-state index is 12.8. The normalized spacial score (nSPS) is 24.5. The number of piperazine rings is 1. The van der Waals surface area contributed by atoms with Gasteiger partial charge in [-0.15, -0.1) is 0 Å². The van der Waals surface area contributed by atoms with Crippen LogP contribution in [-0.2, 0) is 14.8 Å². The Labute approximate surface area is 166 Å². The second-order valence-corrected chi connectivity index (χ2v) is 9.88. The van der Waals surface area contributed by atoms with Crippen LogP contribution in [0.4, 0.5) is 0 Å². The van der Waals surface area contributed by atoms with Gasteiger partial charge in [-0.2, -0.15) is 4.31 Å². The Kier molecular flexibility index (Phi) is 6.43. The van der Waals surface area contributed by atoms with E-state index in [1.165, 1.54) is 10.4 Å². The SMILES string of the molecule is CC(C)CC1CC(C(=O)N2CCN(S(=O)(=O)c3ccccc3Cl)CC2)NN1. The van der Waals surface area contributed by atoms with Gasteiger partial charge in [0, 0.05) is 32.2 Å². The molecule has 7 nitrogen and oxygen atoms in total. The van der Waals surface area contributed by atoms with Gasteiger partial charge in [0.05, 0.1) is 5.02 Å². The van der Waals surface area contributed by atoms with Crippen LogP contribution in [0.1, 0.15) is 26.7 Å². The monoisotopic (exact) mass is 414 g/mol. The van der Waals surface area contributed by atoms with E-state index in [-0.39, 0.29) is 35.0 Å². The second kappa shape index (κ2) is 8.45. The minimum absolute atomic E-state index is 0.0311. The van der Waals surface area contributed by atoms with Crippen molar-refractivity contribution in [3.8, 4) is 0 Å². The van der Waals surface area contributed by atoms with Crippen LogP contribution in [0, 0.1) is 5.92 Å². The minimum atomic E-state index is -3.65. The summed E-state index contributed by atoms with van der Waals surface area (Å²) in [5.41, 5.74) is 6.29. The maximum atomic E-state index is 12.8. The molecule has 0 spiro atoms. The van der Waals surface area contributed by atoms with Gasteiger partial charge in [-0.3, -0.25) is 10.2 Å². The number of nitrogens with one attached hydrogen (secondary N) is 2. The Bertz CT molecular complexity index is 779. The first-order chi connectivity index (χ1) is 12.8. The summed E-state index contributed by atoms with van der Waals surface area (Å²) in [4.78, 5) is 14.6. The number of amides is 1. The van der Waals surface area contributed by atoms with E-state index < -0.39 is 10.0 Å². The highest BCUT2D eigenvalue weighted by molar-refractivity contribution is 7.89. The van der Waals surface area contributed by atoms with Crippen LogP contribution in [0.5, 0.6) is 0 Å². The molecular formula is C18H27ClN4O3S. The number of carbonyl (C=O) groups is 1. The zero-order chi connectivity index (χ0) is 19.6. The molecule has 2 aliphatic heterocycles. The van der Waals surface area contributed by atoms with Crippen molar-refractivity contribution in [2.24, 2.45) is 5.92 Å². The molecule has 2 aliphatic rings. The van der Waals surface area contributed by atoms with Crippen molar-refractivity contribution in [3.63, 3.8) is 0 Å². The Morgan fingerprint density at radius 3 is 2.48 bits per heavy atom. The van der Waals surface area contributed by atoms with Gasteiger partial charge in [-0.05, 0) is 30.9 Å². The molecule has 1 aromatic rings. The molecule has 2 atom stereocenters. The van der Waals surface area contributed by atoms with Gasteiger partial charge in [0.25, 0.3) is 0 Å². The lowest BCUT2D eigenvalue weighted by atomic mass is 9.99. The molecule has 0 aromatic heterocycles. The average Bonchev–Trinajstić information content (AvgIpc) is 3.09. The van der Waals surface area contributed by atoms with Gasteiger partial charge < -0.3 is 4.90 Å². The molecule has 3 rings (SSSR count). The standard InChI is InChI=1S/C18H27ClN4O3S/c1-13(2)11-14-12-16(21-20-14)18(24)22-7-9-23(10-8-22)27(25,26)17-6-4-3-5-15(17)19/h3-6,13-14,16,20-21H,7-12H2,1-2H3. The van der Waals surface area contributed by atoms with Crippen molar-refractivity contribution in [3.05, 3.63) is 29.3 Å². The van der Waals surface area contributed by atoms with E-state index in [0.717, 1.165) is 12.8 Å². The number of hydrogen-bond acceptors (Lipinski definition) is 5. The minimum Gasteiger partial charge on any atom is -0.339 e. The number of benzene rings is 1. The van der Waals surface area contributed by atoms with Crippen LogP contribution >= 0.6 is 11.6 Å². The number of rotatable bonds is 5. The molecular weight excluding hydrogens is 388 g/mol. The summed E-state index contributed by atoms with van der Waals surface area (Å²) < 4.78 is 27.0. The zero-order valence-corrected chi connectivity index (χ0v) is 17.3. The van der Waals surface area contributed by atoms with Crippen LogP contribution in [0.2, 0.25) is 5.02 Å². The highest BCUT2D eigenvalue weighted by Gasteiger charge is 2.36. The second-order valence-electron chi connectivity index (χ2n) is 7.56. The third-order valence-electron chi connectivity index (χ3n) is 5.04. The number of halogens is 1. The molecule has 0 bridgehead atoms. The number of hydrazine groups is 1. The predicted octanol–water partition coefficient (Wildman–Crippen LogP) is 1.45. The zero-order valence-electron chi connectivity index (χ0n) is 15.7. The molecule has 2 heterocycles. The Morgan fingerprint density at radius 1 is 1.19 bits per heavy atom. The molecule has 0 radical (unpaired) electrons. The predicted molar refractivity (Wildman–Crippen MR) is 105 cm³/mol. The van der Waals surface area contributed by atoms with Gasteiger partial charge >= 0.3 is 0 Å². The highest BCUT2D eigenvalue weighted by atomic mass is 35.5. The van der Waals surface area contributed by atoms with E-state index in [2.05, 4.69) is 24.7 Å². The van der Waals surface area contributed by atoms with Gasteiger partial charge in [-0.25, -0.2) is 13.8 Å². The van der Waals surface area contributed by atoms with Crippen LogP contribution in [0.15, 0.2) is 29.2 Å². The molecule has 0 saturated carbocycles. The smallest absolute Gasteiger partial charge is 0.244 e. The summed E-state index contributed by atoms with van der Waals surface area (Å²) in [6.07, 6.45) is 1.77. The molecule has 150 valence electrons. The van der Waals surface area contributed by atoms with Gasteiger partial charge in [0.15, 0.2) is 0 Å². The molecule has 9 heteroatoms. The van der Waals surface area contributed by atoms with Gasteiger partial charge in [0.2, 0.25) is 15.9 Å². The summed E-state index contributed by atoms with van der Waals surface area (Å²) in [6.45, 7) is 5.64. The fraction of sp³-hybridized carbons (Fsp3) is 0.611. The summed E-state index contributed by atoms with van der Waals surface area (Å²) in [5.74, 6) is 0.597. The largest absolute Gasteiger partial charge is 0.339 e. The van der Waals surface area contributed by atoms with Crippen LogP contribution in [0.3, 0.4) is 0 Å². The third kappa shape index (κ3) is 4.63. The first-order valence-electron chi connectivity index (χ1n) is 9.33. The molecule has 1 amide bonds. The summed E-state index contributed by atoms with van der Waals surface area (Å²) in [5, 5.41) is 0.216. The molecule has 1 aromatic carbocycles. The Morgan fingerprint density at radius 2 is 1.85 bits per heavy atom. The first kappa shape index (κ1) is 20.5. The number of carbonyl (C=O) groups excluding carboxylic acids is 1. The summed E-state index contributed by atoms with van der Waals surface area (Å²) in [7, 11) is -3.65. The fourth-order valence-electron chi connectivity index (χ4n) is 3.67. The van der Waals surface area contributed by atoms with Crippen molar-refractivity contribution in [1.29, 1.82) is 0 Å². The molecule has 0 aliphatic carbocycles.